The van der Waals surface area contributed by atoms with Gasteiger partial charge in [0.1, 0.15) is 13.2 Å². The fourth-order valence-corrected chi connectivity index (χ4v) is 3.98. The van der Waals surface area contributed by atoms with Gasteiger partial charge in [-0.15, -0.1) is 6.58 Å². The molecule has 2 aromatic carbocycles. The zero-order valence-electron chi connectivity index (χ0n) is 18.3. The molecule has 0 saturated carbocycles. The van der Waals surface area contributed by atoms with Crippen LogP contribution in [0.1, 0.15) is 30.9 Å². The zero-order chi connectivity index (χ0) is 23.3. The second-order valence-corrected chi connectivity index (χ2v) is 8.43. The third-order valence-electron chi connectivity index (χ3n) is 5.56. The van der Waals surface area contributed by atoms with Gasteiger partial charge < -0.3 is 20.1 Å². The molecule has 0 radical (unpaired) electrons. The number of hydrogen-bond acceptors (Lipinski definition) is 4. The van der Waals surface area contributed by atoms with Gasteiger partial charge in [0.15, 0.2) is 0 Å². The highest BCUT2D eigenvalue weighted by Gasteiger charge is 2.34. The molecule has 0 atom stereocenters. The summed E-state index contributed by atoms with van der Waals surface area (Å²) in [7, 11) is 0. The van der Waals surface area contributed by atoms with Gasteiger partial charge in [-0.05, 0) is 36.1 Å². The number of carbonyl (C=O) groups is 3. The van der Waals surface area contributed by atoms with Crippen LogP contribution in [-0.2, 0) is 14.3 Å². The Morgan fingerprint density at radius 1 is 1.09 bits per heavy atom. The van der Waals surface area contributed by atoms with Crippen LogP contribution in [0.4, 0.5) is 4.79 Å². The van der Waals surface area contributed by atoms with E-state index in [0.29, 0.717) is 0 Å². The fraction of sp³-hybridized carbons (Fsp3) is 0.320. The number of benzene rings is 2. The predicted octanol–water partition coefficient (Wildman–Crippen LogP) is 3.65. The summed E-state index contributed by atoms with van der Waals surface area (Å²) >= 11 is 0. The quantitative estimate of drug-likeness (QED) is 0.585. The average molecular weight is 437 g/mol. The number of nitrogens with one attached hydrogen (secondary N) is 1. The summed E-state index contributed by atoms with van der Waals surface area (Å²) in [5, 5.41) is 11.7. The predicted molar refractivity (Wildman–Crippen MR) is 121 cm³/mol. The minimum Gasteiger partial charge on any atom is -0.480 e. The minimum atomic E-state index is -1.11. The molecular formula is C25H28N2O5. The Labute approximate surface area is 187 Å². The summed E-state index contributed by atoms with van der Waals surface area (Å²) in [5.74, 6) is -1.55. The van der Waals surface area contributed by atoms with Crippen LogP contribution < -0.4 is 5.32 Å². The second kappa shape index (κ2) is 9.68. The molecule has 0 aliphatic heterocycles. The molecular weight excluding hydrogens is 408 g/mol. The lowest BCUT2D eigenvalue weighted by atomic mass is 9.91. The monoisotopic (exact) mass is 436 g/mol. The van der Waals surface area contributed by atoms with E-state index >= 15 is 0 Å². The number of ether oxygens (including phenoxy) is 1. The number of carboxylic acid groups (broad SMARTS) is 1. The van der Waals surface area contributed by atoms with Gasteiger partial charge in [-0.1, -0.05) is 54.6 Å². The van der Waals surface area contributed by atoms with Gasteiger partial charge in [0.25, 0.3) is 0 Å². The highest BCUT2D eigenvalue weighted by molar-refractivity contribution is 5.86. The number of nitrogens with zero attached hydrogens (tertiary/aromatic N) is 1. The van der Waals surface area contributed by atoms with Crippen LogP contribution in [0.5, 0.6) is 0 Å². The summed E-state index contributed by atoms with van der Waals surface area (Å²) < 4.78 is 5.50. The molecule has 32 heavy (non-hydrogen) atoms. The maximum atomic E-state index is 12.8. The Kier molecular flexibility index (Phi) is 6.98. The Bertz CT molecular complexity index is 985. The topological polar surface area (TPSA) is 95.9 Å². The van der Waals surface area contributed by atoms with E-state index in [0.717, 1.165) is 22.3 Å². The van der Waals surface area contributed by atoms with E-state index in [1.165, 1.54) is 11.0 Å². The molecule has 7 heteroatoms. The van der Waals surface area contributed by atoms with Gasteiger partial charge >= 0.3 is 12.1 Å². The van der Waals surface area contributed by atoms with E-state index in [4.69, 9.17) is 9.84 Å². The SMILES string of the molecule is C=CCN(CC(=O)O)C(=O)C(C)(C)CNC(=O)OCC1c2ccccc2-c2ccccc21. The number of fused-ring (bicyclic) bond motifs is 3. The van der Waals surface area contributed by atoms with Crippen LogP contribution >= 0.6 is 0 Å². The first-order valence-corrected chi connectivity index (χ1v) is 10.5. The fourth-order valence-electron chi connectivity index (χ4n) is 3.98. The normalized spacial score (nSPS) is 12.4. The average Bonchev–Trinajstić information content (AvgIpc) is 3.09. The van der Waals surface area contributed by atoms with Crippen molar-refractivity contribution in [2.45, 2.75) is 19.8 Å². The van der Waals surface area contributed by atoms with E-state index in [-0.39, 0.29) is 25.6 Å². The van der Waals surface area contributed by atoms with E-state index in [2.05, 4.69) is 24.0 Å². The molecule has 2 amide bonds. The highest BCUT2D eigenvalue weighted by Crippen LogP contribution is 2.44. The third kappa shape index (κ3) is 4.99. The Balaban J connectivity index is 1.60. The van der Waals surface area contributed by atoms with E-state index in [1.54, 1.807) is 13.8 Å². The number of hydrogen-bond donors (Lipinski definition) is 2. The summed E-state index contributed by atoms with van der Waals surface area (Å²) in [5.41, 5.74) is 3.51. The maximum absolute atomic E-state index is 12.8. The summed E-state index contributed by atoms with van der Waals surface area (Å²) in [6.07, 6.45) is 0.844. The standard InChI is InChI=1S/C25H28N2O5/c1-4-13-27(14-22(28)29)23(30)25(2,3)16-26-24(31)32-15-21-19-11-7-5-9-17(19)18-10-6-8-12-20(18)21/h4-12,21H,1,13-16H2,2-3H3,(H,26,31)(H,28,29). The van der Waals surface area contributed by atoms with Crippen molar-refractivity contribution in [2.24, 2.45) is 5.41 Å². The number of aliphatic carboxylic acids is 1. The molecule has 0 heterocycles. The lowest BCUT2D eigenvalue weighted by Gasteiger charge is -2.30. The molecule has 168 valence electrons. The molecule has 0 unspecified atom stereocenters. The lowest BCUT2D eigenvalue weighted by molar-refractivity contribution is -0.148. The molecule has 0 bridgehead atoms. The van der Waals surface area contributed by atoms with Gasteiger partial charge in [0.2, 0.25) is 5.91 Å². The van der Waals surface area contributed by atoms with Gasteiger partial charge in [-0.25, -0.2) is 4.79 Å². The van der Waals surface area contributed by atoms with Crippen molar-refractivity contribution < 1.29 is 24.2 Å². The largest absolute Gasteiger partial charge is 0.480 e. The van der Waals surface area contributed by atoms with Gasteiger partial charge in [-0.3, -0.25) is 9.59 Å². The molecule has 2 aromatic rings. The van der Waals surface area contributed by atoms with Crippen molar-refractivity contribution in [1.29, 1.82) is 0 Å². The number of carbonyl (C=O) groups excluding carboxylic acids is 2. The molecule has 0 aromatic heterocycles. The van der Waals surface area contributed by atoms with Crippen LogP contribution in [0.2, 0.25) is 0 Å². The lowest BCUT2D eigenvalue weighted by Crippen LogP contribution is -2.48. The summed E-state index contributed by atoms with van der Waals surface area (Å²) in [6, 6.07) is 16.1. The van der Waals surface area contributed by atoms with Crippen LogP contribution in [0, 0.1) is 5.41 Å². The van der Waals surface area contributed by atoms with Crippen LogP contribution in [0.25, 0.3) is 11.1 Å². The van der Waals surface area contributed by atoms with Crippen LogP contribution in [0.3, 0.4) is 0 Å². The van der Waals surface area contributed by atoms with E-state index in [1.807, 2.05) is 36.4 Å². The van der Waals surface area contributed by atoms with Crippen molar-refractivity contribution in [2.75, 3.05) is 26.2 Å². The smallest absolute Gasteiger partial charge is 0.407 e. The van der Waals surface area contributed by atoms with Crippen LogP contribution in [0.15, 0.2) is 61.2 Å². The molecule has 1 aliphatic rings. The summed E-state index contributed by atoms with van der Waals surface area (Å²) in [4.78, 5) is 37.4. The third-order valence-corrected chi connectivity index (χ3v) is 5.56. The van der Waals surface area contributed by atoms with Crippen molar-refractivity contribution in [3.63, 3.8) is 0 Å². The highest BCUT2D eigenvalue weighted by atomic mass is 16.5. The van der Waals surface area contributed by atoms with Crippen LogP contribution in [-0.4, -0.2) is 54.2 Å². The second-order valence-electron chi connectivity index (χ2n) is 8.43. The molecule has 0 fully saturated rings. The zero-order valence-corrected chi connectivity index (χ0v) is 18.3. The molecule has 2 N–H and O–H groups in total. The van der Waals surface area contributed by atoms with Crippen molar-refractivity contribution in [3.05, 3.63) is 72.3 Å². The van der Waals surface area contributed by atoms with Crippen molar-refractivity contribution in [3.8, 4) is 11.1 Å². The molecule has 0 saturated heterocycles. The molecule has 1 aliphatic carbocycles. The molecule has 3 rings (SSSR count). The summed E-state index contributed by atoms with van der Waals surface area (Å²) in [6.45, 7) is 6.73. The number of rotatable bonds is 9. The van der Waals surface area contributed by atoms with Gasteiger partial charge in [0.05, 0.1) is 5.41 Å². The van der Waals surface area contributed by atoms with Crippen molar-refractivity contribution >= 4 is 18.0 Å². The molecule has 7 nitrogen and oxygen atoms in total. The first kappa shape index (κ1) is 23.1. The Hall–Kier alpha value is -3.61. The Morgan fingerprint density at radius 2 is 1.66 bits per heavy atom. The van der Waals surface area contributed by atoms with Gasteiger partial charge in [0, 0.05) is 19.0 Å². The minimum absolute atomic E-state index is 0.00969. The number of carboxylic acids is 1. The maximum Gasteiger partial charge on any atom is 0.407 e. The first-order valence-electron chi connectivity index (χ1n) is 10.5. The molecule has 0 spiro atoms. The Morgan fingerprint density at radius 3 is 2.19 bits per heavy atom. The van der Waals surface area contributed by atoms with E-state index < -0.39 is 29.9 Å². The van der Waals surface area contributed by atoms with Gasteiger partial charge in [-0.2, -0.15) is 0 Å². The number of alkyl carbamates (subject to hydrolysis) is 1. The first-order chi connectivity index (χ1) is 15.2. The number of amides is 2. The van der Waals surface area contributed by atoms with Crippen molar-refractivity contribution in [1.82, 2.24) is 10.2 Å². The van der Waals surface area contributed by atoms with E-state index in [9.17, 15) is 14.4 Å².